The van der Waals surface area contributed by atoms with Crippen LogP contribution in [0.2, 0.25) is 0 Å². The third kappa shape index (κ3) is 16.8. The molecule has 5 aromatic carbocycles. The number of ether oxygens (including phenoxy) is 5. The molecule has 8 spiro atoms. The molecule has 0 radical (unpaired) electrons. The van der Waals surface area contributed by atoms with Crippen LogP contribution in [0, 0.1) is 34.6 Å². The minimum Gasteiger partial charge on any atom is -0.492 e. The van der Waals surface area contributed by atoms with Crippen molar-refractivity contribution in [1.29, 1.82) is 0 Å². The first-order valence-electron chi connectivity index (χ1n) is 50.9. The van der Waals surface area contributed by atoms with Crippen LogP contribution in [0.3, 0.4) is 0 Å². The zero-order valence-corrected chi connectivity index (χ0v) is 80.3. The maximum absolute atomic E-state index is 7.10. The Morgan fingerprint density at radius 3 is 0.719 bits per heavy atom. The van der Waals surface area contributed by atoms with Crippen LogP contribution >= 0.6 is 0 Å². The Bertz CT molecular complexity index is 5580. The molecule has 5 aliphatic heterocycles. The van der Waals surface area contributed by atoms with Crippen molar-refractivity contribution in [2.45, 2.75) is 361 Å². The Kier molecular flexibility index (Phi) is 24.7. The van der Waals surface area contributed by atoms with Gasteiger partial charge in [-0.15, -0.1) is 0 Å². The average molecular weight is 1720 g/mol. The van der Waals surface area contributed by atoms with Gasteiger partial charge in [0.05, 0.1) is 34.4 Å². The molecule has 10 heterocycles. The summed E-state index contributed by atoms with van der Waals surface area (Å²) in [6.45, 7) is 16.5. The van der Waals surface area contributed by atoms with Gasteiger partial charge in [-0.25, -0.2) is 22.8 Å². The number of nitrogens with zero attached hydrogens (tertiary/aromatic N) is 5. The quantitative estimate of drug-likeness (QED) is 0.161. The van der Waals surface area contributed by atoms with Crippen molar-refractivity contribution in [2.75, 3.05) is 6.61 Å². The smallest absolute Gasteiger partial charge is 0.216 e. The van der Waals surface area contributed by atoms with Crippen molar-refractivity contribution < 1.29 is 46.5 Å². The van der Waals surface area contributed by atoms with E-state index in [0.717, 1.165) is 24.5 Å². The Hall–Kier alpha value is -9.15. The summed E-state index contributed by atoms with van der Waals surface area (Å²) in [5, 5.41) is 0. The standard InChI is InChI=1S/C26H34NO.C25H32NO.C23H28NO.C23H30NO.C21H26NO/c1-20-12-13-21-24(23(20)22-11-5-10-18-27(22)2)28-26(16-8-4-9-17-26)19-25(21)14-6-3-7-15-25;1-19-11-12-20-23(22(19)21-10-4-9-17-26(21)2)27-25(15-7-8-16-25)18-24(20)13-5-3-6-14-24;1-17-9-10-18-21(20(17)19-8-4-7-15-24(19)2)25-23(13-14-23)16-22(18)11-5-3-6-12-22;1-17-11-12-18-21(20(17)19-10-6-9-15-24(19)4)25-22(2,3)16-23(18)13-7-5-8-14-23;1-16-9-10-17-20(19(16)18-8-4-7-14-22(18)2)23-15-13-21(17)11-5-3-6-12-21/h5,10-13,18H,3-4,6-9,14-17,19H2,1-2H3;4,9-12,17H,3,5-8,13-16,18H2,1-2H3;4,7-10,15H,3,5-6,11-14,16H2,1-2H3;6,9-12,15H,5,7-8,13-14,16H2,1-4H3;4,7-10,14H,3,5-6,11-13,15H2,1-2H3/q5*+1. The number of pyridine rings is 5. The van der Waals surface area contributed by atoms with E-state index in [2.05, 4.69) is 289 Å². The molecule has 0 unspecified atom stereocenters. The molecule has 128 heavy (non-hydrogen) atoms. The molecule has 13 aliphatic rings. The number of aromatic nitrogens is 5. The fourth-order valence-electron chi connectivity index (χ4n) is 27.8. The number of hydrogen-bond acceptors (Lipinski definition) is 5. The van der Waals surface area contributed by atoms with Crippen LogP contribution in [-0.4, -0.2) is 29.0 Å². The molecule has 8 aliphatic carbocycles. The van der Waals surface area contributed by atoms with Gasteiger partial charge in [0.2, 0.25) is 28.5 Å². The Labute approximate surface area is 768 Å². The Balaban J connectivity index is 0.000000104. The first-order chi connectivity index (χ1) is 62.0. The van der Waals surface area contributed by atoms with Gasteiger partial charge < -0.3 is 23.7 Å². The summed E-state index contributed by atoms with van der Waals surface area (Å²) in [6.07, 6.45) is 64.8. The van der Waals surface area contributed by atoms with Gasteiger partial charge in [-0.3, -0.25) is 0 Å². The minimum atomic E-state index is -0.111. The summed E-state index contributed by atoms with van der Waals surface area (Å²) < 4.78 is 44.9. The molecule has 8 fully saturated rings. The highest BCUT2D eigenvalue weighted by molar-refractivity contribution is 5.78. The molecule has 10 heteroatoms. The molecule has 0 amide bonds. The number of benzene rings is 5. The first-order valence-corrected chi connectivity index (χ1v) is 50.9. The summed E-state index contributed by atoms with van der Waals surface area (Å²) in [6, 6.07) is 55.8. The molecular weight excluding hydrogens is 1570 g/mol. The lowest BCUT2D eigenvalue weighted by Crippen LogP contribution is -2.50. The van der Waals surface area contributed by atoms with Gasteiger partial charge in [0, 0.05) is 116 Å². The molecule has 5 aromatic heterocycles. The van der Waals surface area contributed by atoms with Gasteiger partial charge in [-0.05, 0) is 267 Å². The van der Waals surface area contributed by atoms with Crippen LogP contribution < -0.4 is 46.5 Å². The van der Waals surface area contributed by atoms with Crippen molar-refractivity contribution in [2.24, 2.45) is 35.2 Å². The van der Waals surface area contributed by atoms with Crippen molar-refractivity contribution >= 4 is 0 Å². The second kappa shape index (κ2) is 35.9. The first kappa shape index (κ1) is 88.1. The van der Waals surface area contributed by atoms with Gasteiger partial charge in [0.15, 0.2) is 31.0 Å². The predicted octanol–water partition coefficient (Wildman–Crippen LogP) is 26.7. The second-order valence-electron chi connectivity index (χ2n) is 43.6. The van der Waals surface area contributed by atoms with Gasteiger partial charge in [0.1, 0.15) is 86.4 Å². The highest BCUT2D eigenvalue weighted by Crippen LogP contribution is 2.65. The van der Waals surface area contributed by atoms with Crippen LogP contribution in [-0.2, 0) is 62.3 Å². The monoisotopic (exact) mass is 1720 g/mol. The van der Waals surface area contributed by atoms with E-state index in [1.165, 1.54) is 386 Å². The third-order valence-corrected chi connectivity index (χ3v) is 34.3. The lowest BCUT2D eigenvalue weighted by molar-refractivity contribution is -0.660. The molecule has 10 nitrogen and oxygen atoms in total. The van der Waals surface area contributed by atoms with Crippen molar-refractivity contribution in [3.63, 3.8) is 0 Å². The molecule has 0 bridgehead atoms. The van der Waals surface area contributed by atoms with E-state index < -0.39 is 0 Å². The van der Waals surface area contributed by atoms with E-state index >= 15 is 0 Å². The van der Waals surface area contributed by atoms with Crippen LogP contribution in [0.25, 0.3) is 56.3 Å². The van der Waals surface area contributed by atoms with E-state index in [9.17, 15) is 0 Å². The molecule has 672 valence electrons. The summed E-state index contributed by atoms with van der Waals surface area (Å²) >= 11 is 0. The lowest BCUT2D eigenvalue weighted by atomic mass is 9.60. The maximum Gasteiger partial charge on any atom is 0.216 e. The van der Waals surface area contributed by atoms with Crippen LogP contribution in [0.1, 0.15) is 333 Å². The van der Waals surface area contributed by atoms with E-state index in [1.54, 1.807) is 0 Å². The molecule has 8 saturated carbocycles. The molecule has 0 N–H and O–H groups in total. The molecular formula is C118H150N5O5+5. The third-order valence-electron chi connectivity index (χ3n) is 34.3. The van der Waals surface area contributed by atoms with Crippen LogP contribution in [0.15, 0.2) is 183 Å². The lowest BCUT2D eigenvalue weighted by Gasteiger charge is -2.52. The Morgan fingerprint density at radius 1 is 0.219 bits per heavy atom. The van der Waals surface area contributed by atoms with Gasteiger partial charge in [-0.1, -0.05) is 163 Å². The topological polar surface area (TPSA) is 65.5 Å². The van der Waals surface area contributed by atoms with Gasteiger partial charge >= 0.3 is 0 Å². The fourth-order valence-corrected chi connectivity index (χ4v) is 27.8. The second-order valence-corrected chi connectivity index (χ2v) is 43.6. The van der Waals surface area contributed by atoms with Crippen molar-refractivity contribution in [3.05, 3.63) is 238 Å². The van der Waals surface area contributed by atoms with Crippen molar-refractivity contribution in [3.8, 4) is 85.0 Å². The highest BCUT2D eigenvalue weighted by atomic mass is 16.5. The largest absolute Gasteiger partial charge is 0.492 e. The van der Waals surface area contributed by atoms with Crippen LogP contribution in [0.4, 0.5) is 0 Å². The van der Waals surface area contributed by atoms with Gasteiger partial charge in [-0.2, -0.15) is 0 Å². The minimum absolute atomic E-state index is 0.0679. The molecule has 10 aromatic rings. The fraction of sp³-hybridized carbons (Fsp3) is 0.534. The molecule has 0 atom stereocenters. The predicted molar refractivity (Wildman–Crippen MR) is 517 cm³/mol. The maximum atomic E-state index is 7.10. The zero-order chi connectivity index (χ0) is 88.3. The van der Waals surface area contributed by atoms with E-state index in [4.69, 9.17) is 23.7 Å². The zero-order valence-electron chi connectivity index (χ0n) is 80.3. The summed E-state index contributed by atoms with van der Waals surface area (Å²) in [5.74, 6) is 5.93. The van der Waals surface area contributed by atoms with Crippen molar-refractivity contribution in [1.82, 2.24) is 0 Å². The van der Waals surface area contributed by atoms with E-state index in [0.29, 0.717) is 27.1 Å². The molecule has 23 rings (SSSR count). The Morgan fingerprint density at radius 2 is 0.445 bits per heavy atom. The summed E-state index contributed by atoms with van der Waals surface area (Å²) in [7, 11) is 10.7. The highest BCUT2D eigenvalue weighted by Gasteiger charge is 2.59. The number of fused-ring (bicyclic) bond motifs is 10. The van der Waals surface area contributed by atoms with Gasteiger partial charge in [0.25, 0.3) is 0 Å². The van der Waals surface area contributed by atoms with E-state index in [1.807, 2.05) is 0 Å². The summed E-state index contributed by atoms with van der Waals surface area (Å²) in [4.78, 5) is 0. The number of hydrogen-bond donors (Lipinski definition) is 0. The van der Waals surface area contributed by atoms with E-state index in [-0.39, 0.29) is 22.4 Å². The normalized spacial score (nSPS) is 21.6. The average Bonchev–Trinajstić information content (AvgIpc) is 1.38. The number of aryl methyl sites for hydroxylation is 10. The van der Waals surface area contributed by atoms with Crippen LogP contribution in [0.5, 0.6) is 28.7 Å². The number of rotatable bonds is 5. The summed E-state index contributed by atoms with van der Waals surface area (Å²) in [5.41, 5.74) is 28.7. The molecule has 0 saturated heterocycles. The SMILES string of the molecule is Cc1ccc2c(c1-c1cccc[n+]1C)OC(C)(C)CC21CCCCC1.Cc1ccc2c(c1-c1cccc[n+]1C)OC1(CC1)CC21CCCCC1.Cc1ccc2c(c1-c1cccc[n+]1C)OC1(CCCC1)CC21CCCCC1.Cc1ccc2c(c1-c1cccc[n+]1C)OC1(CCCCC1)CC21CCCCC1.Cc1ccc2c(c1-c1cccc[n+]1C)OCCC21CCCCC1.